The van der Waals surface area contributed by atoms with Gasteiger partial charge in [0.05, 0.1) is 0 Å². The quantitative estimate of drug-likeness (QED) is 0.200. The maximum atomic E-state index is 8.88. The van der Waals surface area contributed by atoms with Crippen LogP contribution in [0.5, 0.6) is 0 Å². The first-order valence-electron chi connectivity index (χ1n) is 1.57. The van der Waals surface area contributed by atoms with E-state index in [2.05, 4.69) is 0 Å². The Morgan fingerprint density at radius 2 is 0.636 bits per heavy atom. The first-order chi connectivity index (χ1) is 4.00. The van der Waals surface area contributed by atoms with Crippen LogP contribution in [0.15, 0.2) is 0 Å². The minimum atomic E-state index is -4.64. The van der Waals surface area contributed by atoms with Crippen molar-refractivity contribution in [3.05, 3.63) is 0 Å². The molecule has 0 fully saturated rings. The first-order valence-corrected chi connectivity index (χ1v) is 4.70. The predicted molar refractivity (Wildman–Crippen MR) is 38.5 cm³/mol. The molecule has 0 heterocycles. The SMILES string of the molecule is O=P(O)(O)O.O=P(O)(O)O.[GaH3]. The average Bonchev–Trinajstić information content (AvgIpc) is 1.12. The molecule has 0 aromatic carbocycles. The molecule has 0 radical (unpaired) electrons. The Labute approximate surface area is 74.4 Å². The number of hydrogen-bond acceptors (Lipinski definition) is 2. The zero-order chi connectivity index (χ0) is 9.00. The van der Waals surface area contributed by atoms with E-state index < -0.39 is 15.6 Å². The van der Waals surface area contributed by atoms with Crippen molar-refractivity contribution < 1.29 is 38.5 Å². The van der Waals surface area contributed by atoms with Gasteiger partial charge in [-0.15, -0.1) is 0 Å². The Bertz CT molecular complexity index is 124. The van der Waals surface area contributed by atoms with E-state index in [4.69, 9.17) is 38.5 Å². The molecule has 70 valence electrons. The molecule has 0 saturated heterocycles. The van der Waals surface area contributed by atoms with Crippen LogP contribution in [0, 0.1) is 0 Å². The zero-order valence-corrected chi connectivity index (χ0v) is 6.18. The molecular formula is H9GaO8P2. The summed E-state index contributed by atoms with van der Waals surface area (Å²) in [6.45, 7) is 0. The van der Waals surface area contributed by atoms with E-state index in [9.17, 15) is 0 Å². The molecule has 0 aliphatic carbocycles. The Morgan fingerprint density at radius 1 is 0.636 bits per heavy atom. The fourth-order valence-corrected chi connectivity index (χ4v) is 0. The molecule has 0 bridgehead atoms. The summed E-state index contributed by atoms with van der Waals surface area (Å²) >= 11 is 0. The summed E-state index contributed by atoms with van der Waals surface area (Å²) in [7, 11) is -9.28. The zero-order valence-electron chi connectivity index (χ0n) is 4.39. The summed E-state index contributed by atoms with van der Waals surface area (Å²) in [5.41, 5.74) is 0. The van der Waals surface area contributed by atoms with E-state index in [0.29, 0.717) is 0 Å². The fourth-order valence-electron chi connectivity index (χ4n) is 0. The third-order valence-electron chi connectivity index (χ3n) is 0. The monoisotopic (exact) mass is 268 g/mol. The Kier molecular flexibility index (Phi) is 10.3. The fraction of sp³-hybridized carbons (Fsp3) is 0. The van der Waals surface area contributed by atoms with Gasteiger partial charge in [-0.2, -0.15) is 0 Å². The second-order valence-corrected chi connectivity index (χ2v) is 3.08. The minimum absolute atomic E-state index is 0. The molecule has 0 aliphatic rings. The van der Waals surface area contributed by atoms with Gasteiger partial charge >= 0.3 is 35.4 Å². The molecule has 0 rings (SSSR count). The Balaban J connectivity index is -0.000000107. The molecule has 0 aromatic heterocycles. The first kappa shape index (κ1) is 17.8. The predicted octanol–water partition coefficient (Wildman–Crippen LogP) is -3.04. The van der Waals surface area contributed by atoms with Crippen LogP contribution >= 0.6 is 15.6 Å². The molecule has 8 nitrogen and oxygen atoms in total. The van der Waals surface area contributed by atoms with Crippen LogP contribution in [-0.4, -0.2) is 49.2 Å². The number of rotatable bonds is 0. The third-order valence-corrected chi connectivity index (χ3v) is 0. The van der Waals surface area contributed by atoms with Crippen molar-refractivity contribution in [2.75, 3.05) is 0 Å². The van der Waals surface area contributed by atoms with Crippen LogP contribution in [0.25, 0.3) is 0 Å². The Morgan fingerprint density at radius 3 is 0.636 bits per heavy atom. The van der Waals surface area contributed by atoms with Gasteiger partial charge < -0.3 is 29.4 Å². The second kappa shape index (κ2) is 6.38. The van der Waals surface area contributed by atoms with Crippen LogP contribution in [0.1, 0.15) is 0 Å². The van der Waals surface area contributed by atoms with Crippen molar-refractivity contribution in [3.63, 3.8) is 0 Å². The normalized spacial score (nSPS) is 10.7. The van der Waals surface area contributed by atoms with E-state index >= 15 is 0 Å². The maximum absolute atomic E-state index is 8.88. The summed E-state index contributed by atoms with van der Waals surface area (Å²) in [6, 6.07) is 0. The van der Waals surface area contributed by atoms with Gasteiger partial charge in [0.25, 0.3) is 0 Å². The van der Waals surface area contributed by atoms with Gasteiger partial charge in [0, 0.05) is 0 Å². The van der Waals surface area contributed by atoms with E-state index in [0.717, 1.165) is 0 Å². The van der Waals surface area contributed by atoms with Crippen LogP contribution in [0.3, 0.4) is 0 Å². The average molecular weight is 269 g/mol. The molecule has 0 spiro atoms. The summed E-state index contributed by atoms with van der Waals surface area (Å²) in [4.78, 5) is 43.1. The van der Waals surface area contributed by atoms with Crippen molar-refractivity contribution in [1.29, 1.82) is 0 Å². The molecule has 6 N–H and O–H groups in total. The van der Waals surface area contributed by atoms with Crippen molar-refractivity contribution in [2.45, 2.75) is 0 Å². The van der Waals surface area contributed by atoms with E-state index in [1.165, 1.54) is 0 Å². The third kappa shape index (κ3) is 1160. The molecule has 0 aromatic rings. The van der Waals surface area contributed by atoms with Gasteiger partial charge in [-0.1, -0.05) is 0 Å². The van der Waals surface area contributed by atoms with Crippen molar-refractivity contribution in [1.82, 2.24) is 0 Å². The summed E-state index contributed by atoms with van der Waals surface area (Å²) in [5.74, 6) is 0. The van der Waals surface area contributed by atoms with E-state index in [1.54, 1.807) is 0 Å². The van der Waals surface area contributed by atoms with Gasteiger partial charge in [-0.25, -0.2) is 9.13 Å². The molecule has 11 heteroatoms. The molecule has 0 unspecified atom stereocenters. The second-order valence-electron chi connectivity index (χ2n) is 1.03. The summed E-state index contributed by atoms with van der Waals surface area (Å²) < 4.78 is 17.8. The summed E-state index contributed by atoms with van der Waals surface area (Å²) in [5, 5.41) is 0. The van der Waals surface area contributed by atoms with Gasteiger partial charge in [0.2, 0.25) is 0 Å². The van der Waals surface area contributed by atoms with Crippen molar-refractivity contribution in [3.8, 4) is 0 Å². The number of hydrogen-bond donors (Lipinski definition) is 6. The van der Waals surface area contributed by atoms with Gasteiger partial charge in [-0.3, -0.25) is 0 Å². The van der Waals surface area contributed by atoms with Crippen LogP contribution in [0.2, 0.25) is 0 Å². The van der Waals surface area contributed by atoms with Crippen LogP contribution < -0.4 is 0 Å². The topological polar surface area (TPSA) is 156 Å². The molecule has 0 amide bonds. The Hall–Kier alpha value is 0.856. The van der Waals surface area contributed by atoms with E-state index in [-0.39, 0.29) is 19.8 Å². The van der Waals surface area contributed by atoms with Gasteiger partial charge in [0.1, 0.15) is 0 Å². The van der Waals surface area contributed by atoms with Crippen LogP contribution in [0.4, 0.5) is 0 Å². The standard InChI is InChI=1S/Ga.2H3O4P.3H/c;2*1-5(2,3)4;;;/h;2*(H3,1,2,3,4);;;. The van der Waals surface area contributed by atoms with E-state index in [1.807, 2.05) is 0 Å². The molecule has 0 atom stereocenters. The summed E-state index contributed by atoms with van der Waals surface area (Å²) in [6.07, 6.45) is 0. The van der Waals surface area contributed by atoms with Crippen LogP contribution in [-0.2, 0) is 9.13 Å². The number of phosphoric acid groups is 2. The molecule has 0 aliphatic heterocycles. The van der Waals surface area contributed by atoms with Crippen molar-refractivity contribution in [2.24, 2.45) is 0 Å². The van der Waals surface area contributed by atoms with Crippen molar-refractivity contribution >= 4 is 35.4 Å². The molecular weight excluding hydrogens is 260 g/mol. The van der Waals surface area contributed by atoms with Gasteiger partial charge in [-0.05, 0) is 0 Å². The molecule has 0 saturated carbocycles. The van der Waals surface area contributed by atoms with Gasteiger partial charge in [0.15, 0.2) is 0 Å². The molecule has 11 heavy (non-hydrogen) atoms.